The lowest BCUT2D eigenvalue weighted by atomic mass is 10.2. The fourth-order valence-corrected chi connectivity index (χ4v) is 3.12. The molecule has 2 rings (SSSR count). The number of hydrazone groups is 1. The first-order valence-corrected chi connectivity index (χ1v) is 8.24. The Labute approximate surface area is 135 Å². The second-order valence-corrected chi connectivity index (χ2v) is 7.02. The topological polar surface area (TPSA) is 124 Å². The van der Waals surface area contributed by atoms with Crippen LogP contribution in [0.25, 0.3) is 0 Å². The summed E-state index contributed by atoms with van der Waals surface area (Å²) in [6, 6.07) is 2.14. The summed E-state index contributed by atoms with van der Waals surface area (Å²) in [7, 11) is -4.50. The first-order valence-electron chi connectivity index (χ1n) is 5.21. The highest BCUT2D eigenvalue weighted by Crippen LogP contribution is 2.37. The summed E-state index contributed by atoms with van der Waals surface area (Å²) < 4.78 is 32.0. The normalized spacial score (nSPS) is 15.3. The first-order chi connectivity index (χ1) is 9.61. The van der Waals surface area contributed by atoms with Crippen molar-refractivity contribution in [2.75, 3.05) is 5.01 Å². The molecule has 2 N–H and O–H groups in total. The number of nitrogens with zero attached hydrogens (tertiary/aromatic N) is 2. The van der Waals surface area contributed by atoms with Crippen molar-refractivity contribution < 1.29 is 27.7 Å². The molecule has 0 spiro atoms. The molecule has 112 valence electrons. The molecule has 0 saturated carbocycles. The van der Waals surface area contributed by atoms with Gasteiger partial charge in [-0.15, -0.1) is 0 Å². The van der Waals surface area contributed by atoms with Gasteiger partial charge in [0.15, 0.2) is 5.71 Å². The lowest BCUT2D eigenvalue weighted by Gasteiger charge is -2.15. The van der Waals surface area contributed by atoms with E-state index in [0.717, 1.165) is 17.1 Å². The summed E-state index contributed by atoms with van der Waals surface area (Å²) in [5, 5.41) is 13.2. The second-order valence-electron chi connectivity index (χ2n) is 3.95. The van der Waals surface area contributed by atoms with Crippen molar-refractivity contribution in [1.82, 2.24) is 0 Å². The Kier molecular flexibility index (Phi) is 4.19. The molecule has 0 aromatic heterocycles. The lowest BCUT2D eigenvalue weighted by Crippen LogP contribution is -2.20. The van der Waals surface area contributed by atoms with Crippen LogP contribution in [0.3, 0.4) is 0 Å². The van der Waals surface area contributed by atoms with Gasteiger partial charge in [-0.1, -0.05) is 0 Å². The highest BCUT2D eigenvalue weighted by molar-refractivity contribution is 9.13. The van der Waals surface area contributed by atoms with Gasteiger partial charge in [0.25, 0.3) is 16.0 Å². The molecule has 8 nitrogen and oxygen atoms in total. The van der Waals surface area contributed by atoms with Crippen LogP contribution in [-0.2, 0) is 19.7 Å². The van der Waals surface area contributed by atoms with Crippen LogP contribution < -0.4 is 5.01 Å². The van der Waals surface area contributed by atoms with E-state index in [2.05, 4.69) is 37.0 Å². The molecule has 1 aromatic rings. The summed E-state index contributed by atoms with van der Waals surface area (Å²) >= 11 is 6.22. The van der Waals surface area contributed by atoms with Gasteiger partial charge in [-0.2, -0.15) is 18.5 Å². The molecule has 1 aliphatic rings. The molecule has 21 heavy (non-hydrogen) atoms. The van der Waals surface area contributed by atoms with E-state index in [4.69, 9.17) is 9.66 Å². The highest BCUT2D eigenvalue weighted by Gasteiger charge is 2.31. The third kappa shape index (κ3) is 3.15. The average molecular weight is 442 g/mol. The van der Waals surface area contributed by atoms with E-state index < -0.39 is 33.3 Å². The van der Waals surface area contributed by atoms with Crippen LogP contribution >= 0.6 is 31.9 Å². The van der Waals surface area contributed by atoms with Gasteiger partial charge in [-0.25, -0.2) is 4.79 Å². The average Bonchev–Trinajstić information content (AvgIpc) is 2.73. The molecule has 0 fully saturated rings. The summed E-state index contributed by atoms with van der Waals surface area (Å²) in [4.78, 5) is 22.2. The molecule has 0 radical (unpaired) electrons. The molecule has 0 atom stereocenters. The van der Waals surface area contributed by atoms with Crippen LogP contribution in [0.1, 0.15) is 6.42 Å². The molecular formula is C10H6Br2N2O6S. The Balaban J connectivity index is 2.62. The molecule has 1 aromatic carbocycles. The summed E-state index contributed by atoms with van der Waals surface area (Å²) in [5.74, 6) is -1.97. The third-order valence-corrected chi connectivity index (χ3v) is 5.35. The van der Waals surface area contributed by atoms with E-state index in [9.17, 15) is 18.0 Å². The van der Waals surface area contributed by atoms with E-state index in [1.165, 1.54) is 0 Å². The van der Waals surface area contributed by atoms with Crippen molar-refractivity contribution in [2.45, 2.75) is 11.3 Å². The van der Waals surface area contributed by atoms with Gasteiger partial charge >= 0.3 is 5.97 Å². The Morgan fingerprint density at radius 2 is 1.95 bits per heavy atom. The summed E-state index contributed by atoms with van der Waals surface area (Å²) in [6.07, 6.45) is -0.407. The van der Waals surface area contributed by atoms with Gasteiger partial charge in [0.1, 0.15) is 0 Å². The van der Waals surface area contributed by atoms with Crippen molar-refractivity contribution in [3.05, 3.63) is 21.1 Å². The minimum absolute atomic E-state index is 0.00162. The van der Waals surface area contributed by atoms with Gasteiger partial charge in [-0.3, -0.25) is 9.35 Å². The Hall–Kier alpha value is -1.30. The summed E-state index contributed by atoms with van der Waals surface area (Å²) in [6.45, 7) is 0. The van der Waals surface area contributed by atoms with Crippen LogP contribution in [0.5, 0.6) is 0 Å². The largest absolute Gasteiger partial charge is 0.477 e. The summed E-state index contributed by atoms with van der Waals surface area (Å²) in [5.41, 5.74) is -0.362. The van der Waals surface area contributed by atoms with Gasteiger partial charge in [0.2, 0.25) is 0 Å². The number of rotatable bonds is 3. The molecule has 0 aliphatic carbocycles. The molecule has 11 heteroatoms. The predicted octanol–water partition coefficient (Wildman–Crippen LogP) is 1.64. The zero-order chi connectivity index (χ0) is 15.9. The highest BCUT2D eigenvalue weighted by atomic mass is 79.9. The van der Waals surface area contributed by atoms with E-state index >= 15 is 0 Å². The second kappa shape index (κ2) is 5.48. The van der Waals surface area contributed by atoms with Crippen molar-refractivity contribution in [2.24, 2.45) is 5.10 Å². The van der Waals surface area contributed by atoms with Crippen molar-refractivity contribution in [3.8, 4) is 0 Å². The maximum absolute atomic E-state index is 11.8. The lowest BCUT2D eigenvalue weighted by molar-refractivity contribution is -0.129. The maximum Gasteiger partial charge on any atom is 0.352 e. The van der Waals surface area contributed by atoms with Crippen molar-refractivity contribution in [3.63, 3.8) is 0 Å². The fourth-order valence-electron chi connectivity index (χ4n) is 1.59. The first kappa shape index (κ1) is 16.1. The van der Waals surface area contributed by atoms with E-state index in [0.29, 0.717) is 4.47 Å². The predicted molar refractivity (Wildman–Crippen MR) is 78.8 cm³/mol. The Morgan fingerprint density at radius 1 is 1.33 bits per heavy atom. The zero-order valence-electron chi connectivity index (χ0n) is 9.95. The van der Waals surface area contributed by atoms with Gasteiger partial charge in [-0.05, 0) is 44.0 Å². The number of aliphatic carboxylic acids is 1. The number of carbonyl (C=O) groups excluding carboxylic acids is 1. The Bertz CT molecular complexity index is 789. The number of hydrogen-bond donors (Lipinski definition) is 2. The minimum Gasteiger partial charge on any atom is -0.477 e. The van der Waals surface area contributed by atoms with Crippen molar-refractivity contribution in [1.29, 1.82) is 0 Å². The molecule has 1 heterocycles. The van der Waals surface area contributed by atoms with Crippen molar-refractivity contribution >= 4 is 65.3 Å². The fraction of sp³-hybridized carbons (Fsp3) is 0.100. The molecule has 0 saturated heterocycles. The van der Waals surface area contributed by atoms with E-state index in [-0.39, 0.29) is 15.9 Å². The minimum atomic E-state index is -4.50. The van der Waals surface area contributed by atoms with Gasteiger partial charge in [0, 0.05) is 4.47 Å². The molecule has 0 unspecified atom stereocenters. The SMILES string of the molecule is O=C(O)C1=NN(c2cc(S(=O)(=O)O)cc(Br)c2Br)C(=O)C1. The number of amides is 1. The smallest absolute Gasteiger partial charge is 0.352 e. The number of carboxylic acids is 1. The maximum atomic E-state index is 11.8. The standard InChI is InChI=1S/C10H6Br2N2O6S/c11-5-1-4(21(18,19)20)2-7(9(5)12)14-8(15)3-6(13-14)10(16)17/h1-2H,3H2,(H,16,17)(H,18,19,20). The monoisotopic (exact) mass is 440 g/mol. The Morgan fingerprint density at radius 3 is 2.43 bits per heavy atom. The molecule has 1 amide bonds. The molecule has 1 aliphatic heterocycles. The zero-order valence-corrected chi connectivity index (χ0v) is 13.9. The molecule has 0 bridgehead atoms. The van der Waals surface area contributed by atoms with Crippen LogP contribution in [0, 0.1) is 0 Å². The number of anilines is 1. The van der Waals surface area contributed by atoms with Crippen LogP contribution in [0.4, 0.5) is 5.69 Å². The quantitative estimate of drug-likeness (QED) is 0.687. The van der Waals surface area contributed by atoms with Gasteiger partial charge in [0.05, 0.1) is 21.5 Å². The van der Waals surface area contributed by atoms with E-state index in [1.54, 1.807) is 0 Å². The van der Waals surface area contributed by atoms with E-state index in [1.807, 2.05) is 0 Å². The number of carboxylic acid groups (broad SMARTS) is 1. The van der Waals surface area contributed by atoms with Gasteiger partial charge < -0.3 is 5.11 Å². The number of halogens is 2. The third-order valence-electron chi connectivity index (χ3n) is 2.53. The number of hydrogen-bond acceptors (Lipinski definition) is 5. The number of carbonyl (C=O) groups is 2. The molecular weight excluding hydrogens is 436 g/mol. The van der Waals surface area contributed by atoms with Crippen LogP contribution in [0.2, 0.25) is 0 Å². The van der Waals surface area contributed by atoms with Crippen LogP contribution in [0.15, 0.2) is 31.1 Å². The van der Waals surface area contributed by atoms with Crippen LogP contribution in [-0.4, -0.2) is 35.7 Å². The number of benzene rings is 1.